The van der Waals surface area contributed by atoms with Gasteiger partial charge in [0, 0.05) is 53.8 Å². The van der Waals surface area contributed by atoms with Gasteiger partial charge in [-0.15, -0.1) is 0 Å². The van der Waals surface area contributed by atoms with Gasteiger partial charge in [0.15, 0.2) is 0 Å². The van der Waals surface area contributed by atoms with Gasteiger partial charge in [-0.3, -0.25) is 4.79 Å². The number of nitrogens with zero attached hydrogens (tertiary/aromatic N) is 2. The fourth-order valence-electron chi connectivity index (χ4n) is 5.28. The molecule has 0 aliphatic carbocycles. The average Bonchev–Trinajstić information content (AvgIpc) is 3.42. The molecule has 6 nitrogen and oxygen atoms in total. The van der Waals surface area contributed by atoms with Crippen LogP contribution in [0.25, 0.3) is 22.3 Å². The topological polar surface area (TPSA) is 80.5 Å². The molecule has 7 heteroatoms. The third kappa shape index (κ3) is 3.53. The second-order valence-electron chi connectivity index (χ2n) is 9.15. The summed E-state index contributed by atoms with van der Waals surface area (Å²) in [6.07, 6.45) is 0.752. The summed E-state index contributed by atoms with van der Waals surface area (Å²) in [5, 5.41) is 2.85. The number of carbonyl (C=O) groups is 1. The van der Waals surface area contributed by atoms with Crippen molar-refractivity contribution in [1.82, 2.24) is 10.3 Å². The van der Waals surface area contributed by atoms with Crippen LogP contribution in [0.5, 0.6) is 0 Å². The Kier molecular flexibility index (Phi) is 4.80. The monoisotopic (exact) mass is 444 g/mol. The highest BCUT2D eigenvalue weighted by Crippen LogP contribution is 2.36. The van der Waals surface area contributed by atoms with Crippen molar-refractivity contribution in [3.8, 4) is 22.3 Å². The molecule has 3 aliphatic rings. The molecule has 3 N–H and O–H groups in total. The zero-order chi connectivity index (χ0) is 22.5. The summed E-state index contributed by atoms with van der Waals surface area (Å²) in [6.45, 7) is 4.30. The van der Waals surface area contributed by atoms with E-state index in [0.717, 1.165) is 55.1 Å². The predicted molar refractivity (Wildman–Crippen MR) is 126 cm³/mol. The number of hydrogen-bond acceptors (Lipinski definition) is 5. The molecular weight excluding hydrogens is 419 g/mol. The summed E-state index contributed by atoms with van der Waals surface area (Å²) in [6, 6.07) is 15.3. The quantitative estimate of drug-likeness (QED) is 0.605. The average molecular weight is 445 g/mol. The van der Waals surface area contributed by atoms with E-state index in [4.69, 9.17) is 10.5 Å². The minimum atomic E-state index is -0.589. The Hall–Kier alpha value is -3.45. The second kappa shape index (κ2) is 7.85. The number of ether oxygens (including phenoxy) is 1. The van der Waals surface area contributed by atoms with Crippen LogP contribution in [-0.2, 0) is 11.2 Å². The molecule has 0 spiro atoms. The van der Waals surface area contributed by atoms with Crippen LogP contribution in [0.3, 0.4) is 0 Å². The third-order valence-corrected chi connectivity index (χ3v) is 7.13. The summed E-state index contributed by atoms with van der Waals surface area (Å²) in [5.74, 6) is 0.693. The first-order chi connectivity index (χ1) is 16.1. The molecule has 6 rings (SSSR count). The molecule has 0 bridgehead atoms. The first kappa shape index (κ1) is 20.2. The number of nitrogens with two attached hydrogens (primary N) is 1. The standard InChI is InChI=1S/C26H25FN4O2/c27-24-22(15-1-4-20(5-2-15)31-11-18-13-33-14-19(18)12-31)10-23(25(28)30-24)16-3-6-21-17(9-16)7-8-29-26(21)32/h1-6,9-10,18-19H,7-8,11-14H2,(H2,28,30)(H,29,32). The third-order valence-electron chi connectivity index (χ3n) is 7.13. The summed E-state index contributed by atoms with van der Waals surface area (Å²) in [7, 11) is 0. The van der Waals surface area contributed by atoms with Gasteiger partial charge < -0.3 is 20.7 Å². The van der Waals surface area contributed by atoms with Crippen LogP contribution in [0.15, 0.2) is 48.5 Å². The van der Waals surface area contributed by atoms with E-state index < -0.39 is 5.95 Å². The van der Waals surface area contributed by atoms with E-state index >= 15 is 0 Å². The number of rotatable bonds is 3. The van der Waals surface area contributed by atoms with Gasteiger partial charge in [-0.05, 0) is 47.4 Å². The van der Waals surface area contributed by atoms with Gasteiger partial charge in [-0.2, -0.15) is 4.39 Å². The van der Waals surface area contributed by atoms with E-state index in [9.17, 15) is 9.18 Å². The van der Waals surface area contributed by atoms with Gasteiger partial charge in [-0.1, -0.05) is 24.3 Å². The Balaban J connectivity index is 1.31. The number of nitrogens with one attached hydrogen (secondary N) is 1. The van der Waals surface area contributed by atoms with E-state index in [1.165, 1.54) is 0 Å². The lowest BCUT2D eigenvalue weighted by molar-refractivity contribution is 0.0946. The number of amides is 1. The van der Waals surface area contributed by atoms with Crippen LogP contribution >= 0.6 is 0 Å². The van der Waals surface area contributed by atoms with E-state index in [0.29, 0.717) is 35.1 Å². The molecule has 1 aromatic heterocycles. The van der Waals surface area contributed by atoms with Crippen molar-refractivity contribution >= 4 is 17.4 Å². The minimum Gasteiger partial charge on any atom is -0.383 e. The molecule has 4 heterocycles. The van der Waals surface area contributed by atoms with Crippen LogP contribution in [0, 0.1) is 17.8 Å². The Bertz CT molecular complexity index is 1230. The summed E-state index contributed by atoms with van der Waals surface area (Å²) < 4.78 is 20.4. The number of benzene rings is 2. The molecule has 33 heavy (non-hydrogen) atoms. The maximum absolute atomic E-state index is 14.8. The van der Waals surface area contributed by atoms with Crippen molar-refractivity contribution < 1.29 is 13.9 Å². The normalized spacial score (nSPS) is 21.6. The van der Waals surface area contributed by atoms with Gasteiger partial charge in [0.05, 0.1) is 13.2 Å². The maximum atomic E-state index is 14.8. The Morgan fingerprint density at radius 3 is 2.45 bits per heavy atom. The fourth-order valence-corrected chi connectivity index (χ4v) is 5.28. The molecule has 2 aromatic carbocycles. The van der Waals surface area contributed by atoms with Crippen LogP contribution in [0.2, 0.25) is 0 Å². The number of carbonyl (C=O) groups excluding carboxylic acids is 1. The lowest BCUT2D eigenvalue weighted by Crippen LogP contribution is -2.31. The van der Waals surface area contributed by atoms with E-state index in [-0.39, 0.29) is 11.7 Å². The minimum absolute atomic E-state index is 0.0667. The van der Waals surface area contributed by atoms with Crippen molar-refractivity contribution in [2.45, 2.75) is 6.42 Å². The number of anilines is 2. The molecule has 2 saturated heterocycles. The molecule has 2 unspecified atom stereocenters. The number of fused-ring (bicyclic) bond motifs is 2. The molecule has 3 aliphatic heterocycles. The Morgan fingerprint density at radius 2 is 1.70 bits per heavy atom. The highest BCUT2D eigenvalue weighted by atomic mass is 19.1. The zero-order valence-electron chi connectivity index (χ0n) is 18.2. The second-order valence-corrected chi connectivity index (χ2v) is 9.15. The molecule has 1 amide bonds. The molecule has 0 saturated carbocycles. The first-order valence-electron chi connectivity index (χ1n) is 11.4. The van der Waals surface area contributed by atoms with Gasteiger partial charge in [0.1, 0.15) is 5.82 Å². The van der Waals surface area contributed by atoms with Crippen LogP contribution < -0.4 is 16.0 Å². The molecular formula is C26H25FN4O2. The highest BCUT2D eigenvalue weighted by Gasteiger charge is 2.37. The van der Waals surface area contributed by atoms with Gasteiger partial charge in [0.2, 0.25) is 5.95 Å². The Morgan fingerprint density at radius 1 is 0.970 bits per heavy atom. The molecule has 2 fully saturated rings. The fraction of sp³-hybridized carbons (Fsp3) is 0.308. The lowest BCUT2D eigenvalue weighted by atomic mass is 9.94. The maximum Gasteiger partial charge on any atom is 0.251 e. The van der Waals surface area contributed by atoms with Crippen LogP contribution in [-0.4, -0.2) is 43.7 Å². The summed E-state index contributed by atoms with van der Waals surface area (Å²) >= 11 is 0. The van der Waals surface area contributed by atoms with Crippen molar-refractivity contribution in [1.29, 1.82) is 0 Å². The van der Waals surface area contributed by atoms with Gasteiger partial charge in [0.25, 0.3) is 5.91 Å². The largest absolute Gasteiger partial charge is 0.383 e. The van der Waals surface area contributed by atoms with Crippen molar-refractivity contribution in [2.75, 3.05) is 43.5 Å². The van der Waals surface area contributed by atoms with E-state index in [2.05, 4.69) is 15.2 Å². The molecule has 2 atom stereocenters. The zero-order valence-corrected chi connectivity index (χ0v) is 18.2. The summed E-state index contributed by atoms with van der Waals surface area (Å²) in [5.41, 5.74) is 11.5. The van der Waals surface area contributed by atoms with Gasteiger partial charge >= 0.3 is 0 Å². The molecule has 0 radical (unpaired) electrons. The van der Waals surface area contributed by atoms with Crippen LogP contribution in [0.1, 0.15) is 15.9 Å². The van der Waals surface area contributed by atoms with Crippen molar-refractivity contribution in [3.05, 3.63) is 65.6 Å². The number of nitrogen functional groups attached to an aromatic ring is 1. The highest BCUT2D eigenvalue weighted by molar-refractivity contribution is 5.97. The smallest absolute Gasteiger partial charge is 0.251 e. The number of aromatic nitrogens is 1. The number of pyridine rings is 1. The predicted octanol–water partition coefficient (Wildman–Crippen LogP) is 3.51. The molecule has 168 valence electrons. The first-order valence-corrected chi connectivity index (χ1v) is 11.4. The SMILES string of the molecule is Nc1nc(F)c(-c2ccc(N3CC4COCC4C3)cc2)cc1-c1ccc2c(c1)CCNC2=O. The van der Waals surface area contributed by atoms with E-state index in [1.54, 1.807) is 12.1 Å². The summed E-state index contributed by atoms with van der Waals surface area (Å²) in [4.78, 5) is 18.4. The number of hydrogen-bond donors (Lipinski definition) is 2. The lowest BCUT2D eigenvalue weighted by Gasteiger charge is -2.20. The van der Waals surface area contributed by atoms with E-state index in [1.807, 2.05) is 36.4 Å². The number of halogens is 1. The Labute approximate surface area is 191 Å². The van der Waals surface area contributed by atoms with Gasteiger partial charge in [-0.25, -0.2) is 4.98 Å². The van der Waals surface area contributed by atoms with Crippen LogP contribution in [0.4, 0.5) is 15.9 Å². The van der Waals surface area contributed by atoms with Crippen molar-refractivity contribution in [3.63, 3.8) is 0 Å². The van der Waals surface area contributed by atoms with Crippen molar-refractivity contribution in [2.24, 2.45) is 11.8 Å². The molecule has 3 aromatic rings.